The van der Waals surface area contributed by atoms with E-state index >= 15 is 0 Å². The van der Waals surface area contributed by atoms with Crippen LogP contribution in [0.4, 0.5) is 5.69 Å². The molecule has 1 fully saturated rings. The summed E-state index contributed by atoms with van der Waals surface area (Å²) in [5.74, 6) is 1.70. The maximum absolute atomic E-state index is 12.2. The maximum atomic E-state index is 12.2. The molecule has 0 unspecified atom stereocenters. The van der Waals surface area contributed by atoms with Crippen LogP contribution in [0.3, 0.4) is 0 Å². The number of rotatable bonds is 8. The largest absolute Gasteiger partial charge is 0.495 e. The smallest absolute Gasteiger partial charge is 0.275 e. The highest BCUT2D eigenvalue weighted by atomic mass is 35.5. The van der Waals surface area contributed by atoms with E-state index in [0.717, 1.165) is 43.4 Å². The molecule has 6 nitrogen and oxygen atoms in total. The topological polar surface area (TPSA) is 55.2 Å². The van der Waals surface area contributed by atoms with Crippen molar-refractivity contribution >= 4 is 23.2 Å². The van der Waals surface area contributed by atoms with Crippen LogP contribution in [0.15, 0.2) is 48.5 Å². The minimum absolute atomic E-state index is 0.0560. The third kappa shape index (κ3) is 5.78. The Bertz CT molecular complexity index is 762. The third-order valence-electron chi connectivity index (χ3n) is 4.81. The van der Waals surface area contributed by atoms with E-state index in [9.17, 15) is 4.79 Å². The summed E-state index contributed by atoms with van der Waals surface area (Å²) in [5.41, 5.74) is 1.12. The molecule has 1 saturated heterocycles. The van der Waals surface area contributed by atoms with Gasteiger partial charge in [-0.2, -0.15) is 0 Å². The molecule has 0 radical (unpaired) electrons. The molecule has 0 saturated carbocycles. The second-order valence-electron chi connectivity index (χ2n) is 6.74. The van der Waals surface area contributed by atoms with Gasteiger partial charge in [0.25, 0.3) is 5.91 Å². The van der Waals surface area contributed by atoms with Crippen molar-refractivity contribution in [1.82, 2.24) is 5.32 Å². The van der Waals surface area contributed by atoms with Crippen LogP contribution >= 0.6 is 11.6 Å². The van der Waals surface area contributed by atoms with Gasteiger partial charge in [-0.1, -0.05) is 23.7 Å². The number of anilines is 1. The molecule has 150 valence electrons. The predicted molar refractivity (Wildman–Crippen MR) is 111 cm³/mol. The first-order chi connectivity index (χ1) is 13.7. The number of benzene rings is 2. The lowest BCUT2D eigenvalue weighted by Crippen LogP contribution is -3.16. The number of carbonyl (C=O) groups is 1. The standard InChI is InChI=1S/C21H26ClN3O3/c1-27-20-5-3-2-4-19(20)25-13-11-24(12-14-25)16-21(26)23-10-15-28-18-8-6-17(22)7-9-18/h2-9H,10-16H2,1H3,(H,23,26)/p+1. The van der Waals surface area contributed by atoms with E-state index in [1.807, 2.05) is 30.3 Å². The number of carbonyl (C=O) groups excluding carboxylic acids is 1. The van der Waals surface area contributed by atoms with Crippen LogP contribution in [0, 0.1) is 0 Å². The zero-order valence-corrected chi connectivity index (χ0v) is 16.9. The zero-order chi connectivity index (χ0) is 19.8. The summed E-state index contributed by atoms with van der Waals surface area (Å²) in [6.45, 7) is 5.07. The Morgan fingerprint density at radius 1 is 1.14 bits per heavy atom. The fourth-order valence-electron chi connectivity index (χ4n) is 3.31. The van der Waals surface area contributed by atoms with Gasteiger partial charge < -0.3 is 24.6 Å². The summed E-state index contributed by atoms with van der Waals surface area (Å²) >= 11 is 5.84. The number of methoxy groups -OCH3 is 1. The van der Waals surface area contributed by atoms with Gasteiger partial charge in [-0.3, -0.25) is 4.79 Å². The van der Waals surface area contributed by atoms with Gasteiger partial charge in [0, 0.05) is 5.02 Å². The third-order valence-corrected chi connectivity index (χ3v) is 5.07. The second-order valence-corrected chi connectivity index (χ2v) is 7.17. The number of ether oxygens (including phenoxy) is 2. The number of hydrogen-bond donors (Lipinski definition) is 2. The summed E-state index contributed by atoms with van der Waals surface area (Å²) in [6.07, 6.45) is 0. The lowest BCUT2D eigenvalue weighted by molar-refractivity contribution is -0.892. The van der Waals surface area contributed by atoms with Crippen molar-refractivity contribution in [2.45, 2.75) is 0 Å². The molecule has 2 N–H and O–H groups in total. The van der Waals surface area contributed by atoms with Crippen LogP contribution in [-0.4, -0.2) is 58.9 Å². The first-order valence-corrected chi connectivity index (χ1v) is 9.90. The van der Waals surface area contributed by atoms with Crippen LogP contribution in [0.1, 0.15) is 0 Å². The molecular formula is C21H27ClN3O3+. The van der Waals surface area contributed by atoms with Crippen LogP contribution in [-0.2, 0) is 4.79 Å². The van der Waals surface area contributed by atoms with Crippen molar-refractivity contribution in [2.24, 2.45) is 0 Å². The molecule has 1 aliphatic rings. The van der Waals surface area contributed by atoms with E-state index in [1.54, 1.807) is 19.2 Å². The Hall–Kier alpha value is -2.44. The molecule has 0 atom stereocenters. The molecule has 2 aromatic rings. The molecule has 1 amide bonds. The van der Waals surface area contributed by atoms with Crippen LogP contribution in [0.2, 0.25) is 5.02 Å². The number of nitrogens with zero attached hydrogens (tertiary/aromatic N) is 1. The van der Waals surface area contributed by atoms with E-state index in [-0.39, 0.29) is 5.91 Å². The highest BCUT2D eigenvalue weighted by molar-refractivity contribution is 6.30. The van der Waals surface area contributed by atoms with Gasteiger partial charge in [-0.15, -0.1) is 0 Å². The summed E-state index contributed by atoms with van der Waals surface area (Å²) in [6, 6.07) is 15.3. The Kier molecular flexibility index (Phi) is 7.39. The van der Waals surface area contributed by atoms with Crippen molar-refractivity contribution in [3.63, 3.8) is 0 Å². The average molecular weight is 405 g/mol. The van der Waals surface area contributed by atoms with Gasteiger partial charge in [-0.05, 0) is 36.4 Å². The van der Waals surface area contributed by atoms with Crippen molar-refractivity contribution < 1.29 is 19.2 Å². The van der Waals surface area contributed by atoms with E-state index in [2.05, 4.69) is 16.3 Å². The number of nitrogens with one attached hydrogen (secondary N) is 2. The van der Waals surface area contributed by atoms with Crippen molar-refractivity contribution in [2.75, 3.05) is 57.9 Å². The summed E-state index contributed by atoms with van der Waals surface area (Å²) in [5, 5.41) is 3.60. The van der Waals surface area contributed by atoms with Gasteiger partial charge >= 0.3 is 0 Å². The number of amides is 1. The van der Waals surface area contributed by atoms with Crippen LogP contribution in [0.25, 0.3) is 0 Å². The zero-order valence-electron chi connectivity index (χ0n) is 16.1. The first-order valence-electron chi connectivity index (χ1n) is 9.52. The monoisotopic (exact) mass is 404 g/mol. The van der Waals surface area contributed by atoms with Crippen LogP contribution in [0.5, 0.6) is 11.5 Å². The minimum Gasteiger partial charge on any atom is -0.495 e. The Morgan fingerprint density at radius 3 is 2.57 bits per heavy atom. The summed E-state index contributed by atoms with van der Waals surface area (Å²) < 4.78 is 11.0. The molecule has 0 aliphatic carbocycles. The summed E-state index contributed by atoms with van der Waals surface area (Å²) in [7, 11) is 1.70. The van der Waals surface area contributed by atoms with E-state index in [0.29, 0.717) is 24.7 Å². The molecule has 2 aromatic carbocycles. The van der Waals surface area contributed by atoms with Crippen molar-refractivity contribution in [3.8, 4) is 11.5 Å². The lowest BCUT2D eigenvalue weighted by atomic mass is 10.2. The molecule has 0 bridgehead atoms. The van der Waals surface area contributed by atoms with E-state index in [1.165, 1.54) is 4.90 Å². The Morgan fingerprint density at radius 2 is 1.86 bits per heavy atom. The number of para-hydroxylation sites is 2. The molecule has 28 heavy (non-hydrogen) atoms. The van der Waals surface area contributed by atoms with Crippen molar-refractivity contribution in [3.05, 3.63) is 53.6 Å². The fraction of sp³-hybridized carbons (Fsp3) is 0.381. The second kappa shape index (κ2) is 10.2. The Balaban J connectivity index is 1.35. The predicted octanol–water partition coefficient (Wildman–Crippen LogP) is 1.25. The Labute approximate surface area is 171 Å². The van der Waals surface area contributed by atoms with E-state index in [4.69, 9.17) is 21.1 Å². The normalized spacial score (nSPS) is 14.6. The van der Waals surface area contributed by atoms with E-state index < -0.39 is 0 Å². The summed E-state index contributed by atoms with van der Waals surface area (Å²) in [4.78, 5) is 15.8. The molecule has 1 heterocycles. The first kappa shape index (κ1) is 20.3. The molecule has 1 aliphatic heterocycles. The molecule has 0 aromatic heterocycles. The molecule has 0 spiro atoms. The number of hydrogen-bond acceptors (Lipinski definition) is 4. The molecule has 3 rings (SSSR count). The quantitative estimate of drug-likeness (QED) is 0.650. The van der Waals surface area contributed by atoms with Crippen LogP contribution < -0.4 is 24.6 Å². The van der Waals surface area contributed by atoms with Gasteiger partial charge in [-0.25, -0.2) is 0 Å². The average Bonchev–Trinajstić information content (AvgIpc) is 2.73. The highest BCUT2D eigenvalue weighted by Gasteiger charge is 2.23. The van der Waals surface area contributed by atoms with Crippen molar-refractivity contribution in [1.29, 1.82) is 0 Å². The fourth-order valence-corrected chi connectivity index (χ4v) is 3.44. The van der Waals surface area contributed by atoms with Gasteiger partial charge in [0.05, 0.1) is 45.5 Å². The minimum atomic E-state index is 0.0560. The van der Waals surface area contributed by atoms with Gasteiger partial charge in [0.15, 0.2) is 6.54 Å². The van der Waals surface area contributed by atoms with Gasteiger partial charge in [0.1, 0.15) is 18.1 Å². The lowest BCUT2D eigenvalue weighted by Gasteiger charge is -2.34. The molecular weight excluding hydrogens is 378 g/mol. The molecule has 7 heteroatoms. The highest BCUT2D eigenvalue weighted by Crippen LogP contribution is 2.27. The number of quaternary nitrogens is 1. The number of piperazine rings is 1. The number of halogens is 1. The maximum Gasteiger partial charge on any atom is 0.275 e. The SMILES string of the molecule is COc1ccccc1N1CC[NH+](CC(=O)NCCOc2ccc(Cl)cc2)CC1. The van der Waals surface area contributed by atoms with Gasteiger partial charge in [0.2, 0.25) is 0 Å².